The number of aryl methyl sites for hydroxylation is 1. The van der Waals surface area contributed by atoms with E-state index in [0.717, 1.165) is 21.3 Å². The van der Waals surface area contributed by atoms with Gasteiger partial charge in [-0.1, -0.05) is 23.5 Å². The Morgan fingerprint density at radius 2 is 2.03 bits per heavy atom. The first-order valence-electron chi connectivity index (χ1n) is 10.6. The van der Waals surface area contributed by atoms with E-state index in [1.54, 1.807) is 34.8 Å². The first-order chi connectivity index (χ1) is 15.9. The van der Waals surface area contributed by atoms with Crippen molar-refractivity contribution in [2.45, 2.75) is 36.6 Å². The van der Waals surface area contributed by atoms with Crippen molar-refractivity contribution in [3.63, 3.8) is 0 Å². The maximum absolute atomic E-state index is 13.9. The molecule has 3 aromatic heterocycles. The van der Waals surface area contributed by atoms with E-state index in [-0.39, 0.29) is 10.1 Å². The van der Waals surface area contributed by atoms with Gasteiger partial charge in [0.25, 0.3) is 10.0 Å². The van der Waals surface area contributed by atoms with E-state index in [0.29, 0.717) is 31.1 Å². The lowest BCUT2D eigenvalue weighted by molar-refractivity contribution is -0.121. The van der Waals surface area contributed by atoms with Crippen LogP contribution in [0.1, 0.15) is 24.0 Å². The van der Waals surface area contributed by atoms with Crippen LogP contribution < -0.4 is 4.90 Å². The van der Waals surface area contributed by atoms with Gasteiger partial charge in [-0.2, -0.15) is 4.31 Å². The molecular formula is C23H22N4O3S3. The van der Waals surface area contributed by atoms with Crippen LogP contribution >= 0.6 is 22.7 Å². The summed E-state index contributed by atoms with van der Waals surface area (Å²) in [6.45, 7) is 2.65. The number of fused-ring (bicyclic) bond motifs is 1. The van der Waals surface area contributed by atoms with Gasteiger partial charge in [-0.15, -0.1) is 11.3 Å². The minimum Gasteiger partial charge on any atom is -0.282 e. The van der Waals surface area contributed by atoms with Gasteiger partial charge in [0.15, 0.2) is 5.13 Å². The van der Waals surface area contributed by atoms with Gasteiger partial charge in [0, 0.05) is 18.9 Å². The average Bonchev–Trinajstić information content (AvgIpc) is 3.58. The number of thiophene rings is 1. The molecule has 1 atom stereocenters. The van der Waals surface area contributed by atoms with Crippen LogP contribution in [0, 0.1) is 6.92 Å². The van der Waals surface area contributed by atoms with Gasteiger partial charge in [0.05, 0.1) is 16.8 Å². The number of pyridine rings is 1. The highest BCUT2D eigenvalue weighted by Gasteiger charge is 2.42. The smallest absolute Gasteiger partial charge is 0.253 e. The van der Waals surface area contributed by atoms with Crippen LogP contribution in [0.2, 0.25) is 0 Å². The molecule has 33 heavy (non-hydrogen) atoms. The molecule has 0 saturated carbocycles. The molecule has 5 rings (SSSR count). The first-order valence-corrected chi connectivity index (χ1v) is 13.7. The summed E-state index contributed by atoms with van der Waals surface area (Å²) in [5.74, 6) is -0.250. The normalized spacial score (nSPS) is 16.9. The van der Waals surface area contributed by atoms with Gasteiger partial charge in [0.2, 0.25) is 5.91 Å². The van der Waals surface area contributed by atoms with Crippen molar-refractivity contribution >= 4 is 54.0 Å². The number of carbonyl (C=O) groups excluding carboxylic acids is 1. The second kappa shape index (κ2) is 8.94. The molecular weight excluding hydrogens is 476 g/mol. The number of nitrogens with zero attached hydrogens (tertiary/aromatic N) is 4. The standard InChI is InChI=1S/C23H22N4O3S3/c1-16-6-7-18-20(14-16)32-23(25-18)26(15-17-8-10-24-11-9-17)22(28)19-4-2-12-27(19)33(29,30)21-5-3-13-31-21/h3,5-11,13-14,19H,2,4,12,15H2,1H3. The maximum atomic E-state index is 13.9. The lowest BCUT2D eigenvalue weighted by atomic mass is 10.2. The van der Waals surface area contributed by atoms with Crippen LogP contribution in [0.3, 0.4) is 0 Å². The highest BCUT2D eigenvalue weighted by atomic mass is 32.2. The zero-order valence-corrected chi connectivity index (χ0v) is 20.4. The van der Waals surface area contributed by atoms with Crippen molar-refractivity contribution in [3.05, 3.63) is 71.4 Å². The van der Waals surface area contributed by atoms with Crippen LogP contribution in [0.4, 0.5) is 5.13 Å². The van der Waals surface area contributed by atoms with Crippen LogP contribution in [0.5, 0.6) is 0 Å². The Hall–Kier alpha value is -2.66. The third-order valence-corrected chi connectivity index (χ3v) is 9.99. The van der Waals surface area contributed by atoms with E-state index in [4.69, 9.17) is 4.98 Å². The molecule has 1 amide bonds. The quantitative estimate of drug-likeness (QED) is 0.392. The average molecular weight is 499 g/mol. The molecule has 4 aromatic rings. The van der Waals surface area contributed by atoms with Crippen molar-refractivity contribution in [1.29, 1.82) is 0 Å². The van der Waals surface area contributed by atoms with E-state index in [2.05, 4.69) is 11.1 Å². The van der Waals surface area contributed by atoms with Crippen molar-refractivity contribution in [3.8, 4) is 0 Å². The van der Waals surface area contributed by atoms with Crippen molar-refractivity contribution < 1.29 is 13.2 Å². The molecule has 4 heterocycles. The predicted molar refractivity (Wildman–Crippen MR) is 131 cm³/mol. The molecule has 7 nitrogen and oxygen atoms in total. The third kappa shape index (κ3) is 4.31. The summed E-state index contributed by atoms with van der Waals surface area (Å²) in [5.41, 5.74) is 2.84. The molecule has 0 radical (unpaired) electrons. The van der Waals surface area contributed by atoms with Crippen LogP contribution in [-0.4, -0.2) is 41.2 Å². The maximum Gasteiger partial charge on any atom is 0.253 e. The minimum absolute atomic E-state index is 0.250. The zero-order chi connectivity index (χ0) is 23.0. The van der Waals surface area contributed by atoms with Gasteiger partial charge < -0.3 is 0 Å². The first kappa shape index (κ1) is 22.1. The molecule has 0 N–H and O–H groups in total. The van der Waals surface area contributed by atoms with E-state index in [1.165, 1.54) is 27.0 Å². The number of rotatable bonds is 6. The lowest BCUT2D eigenvalue weighted by Gasteiger charge is -2.28. The Kier molecular flexibility index (Phi) is 6.00. The number of hydrogen-bond acceptors (Lipinski definition) is 7. The number of anilines is 1. The lowest BCUT2D eigenvalue weighted by Crippen LogP contribution is -2.47. The highest BCUT2D eigenvalue weighted by Crippen LogP contribution is 2.34. The number of hydrogen-bond donors (Lipinski definition) is 0. The van der Waals surface area contributed by atoms with Crippen LogP contribution in [0.15, 0.2) is 64.4 Å². The largest absolute Gasteiger partial charge is 0.282 e. The van der Waals surface area contributed by atoms with Crippen LogP contribution in [-0.2, 0) is 21.4 Å². The fourth-order valence-electron chi connectivity index (χ4n) is 4.03. The van der Waals surface area contributed by atoms with Crippen LogP contribution in [0.25, 0.3) is 10.2 Å². The number of amides is 1. The zero-order valence-electron chi connectivity index (χ0n) is 17.9. The van der Waals surface area contributed by atoms with Gasteiger partial charge in [-0.3, -0.25) is 14.7 Å². The Morgan fingerprint density at radius 3 is 2.79 bits per heavy atom. The minimum atomic E-state index is -3.73. The van der Waals surface area contributed by atoms with Crippen molar-refractivity contribution in [2.24, 2.45) is 0 Å². The third-order valence-electron chi connectivity index (χ3n) is 5.67. The summed E-state index contributed by atoms with van der Waals surface area (Å²) < 4.78 is 29.1. The summed E-state index contributed by atoms with van der Waals surface area (Å²) in [7, 11) is -3.73. The molecule has 1 aliphatic rings. The predicted octanol–water partition coefficient (Wildman–Crippen LogP) is 4.45. The molecule has 1 aliphatic heterocycles. The molecule has 1 unspecified atom stereocenters. The Balaban J connectivity index is 1.53. The highest BCUT2D eigenvalue weighted by molar-refractivity contribution is 7.91. The molecule has 1 aromatic carbocycles. The van der Waals surface area contributed by atoms with Gasteiger partial charge in [-0.25, -0.2) is 13.4 Å². The number of carbonyl (C=O) groups is 1. The summed E-state index contributed by atoms with van der Waals surface area (Å²) >= 11 is 2.62. The summed E-state index contributed by atoms with van der Waals surface area (Å²) in [4.78, 5) is 24.3. The monoisotopic (exact) mass is 498 g/mol. The summed E-state index contributed by atoms with van der Waals surface area (Å²) in [5, 5.41) is 2.30. The second-order valence-corrected chi connectivity index (χ2v) is 12.0. The molecule has 10 heteroatoms. The van der Waals surface area contributed by atoms with Gasteiger partial charge in [0.1, 0.15) is 10.3 Å². The topological polar surface area (TPSA) is 83.5 Å². The second-order valence-electron chi connectivity index (χ2n) is 7.95. The van der Waals surface area contributed by atoms with E-state index < -0.39 is 16.1 Å². The Labute approximate surface area is 200 Å². The number of thiazole rings is 1. The number of benzene rings is 1. The molecule has 1 fully saturated rings. The molecule has 1 saturated heterocycles. The van der Waals surface area contributed by atoms with E-state index >= 15 is 0 Å². The fourth-order valence-corrected chi connectivity index (χ4v) is 7.86. The molecule has 0 spiro atoms. The molecule has 0 bridgehead atoms. The molecule has 170 valence electrons. The van der Waals surface area contributed by atoms with Gasteiger partial charge >= 0.3 is 0 Å². The fraction of sp³-hybridized carbons (Fsp3) is 0.261. The SMILES string of the molecule is Cc1ccc2nc(N(Cc3ccncc3)C(=O)C3CCCN3S(=O)(=O)c3cccs3)sc2c1. The van der Waals surface area contributed by atoms with E-state index in [9.17, 15) is 13.2 Å². The summed E-state index contributed by atoms with van der Waals surface area (Å²) in [6, 6.07) is 12.2. The summed E-state index contributed by atoms with van der Waals surface area (Å²) in [6.07, 6.45) is 4.50. The number of sulfonamides is 1. The Bertz CT molecular complexity index is 1390. The molecule has 0 aliphatic carbocycles. The van der Waals surface area contributed by atoms with Gasteiger partial charge in [-0.05, 0) is 66.6 Å². The Morgan fingerprint density at radius 1 is 1.21 bits per heavy atom. The number of aromatic nitrogens is 2. The van der Waals surface area contributed by atoms with E-state index in [1.807, 2.05) is 31.2 Å². The van der Waals surface area contributed by atoms with Crippen molar-refractivity contribution in [2.75, 3.05) is 11.4 Å². The van der Waals surface area contributed by atoms with Crippen molar-refractivity contribution in [1.82, 2.24) is 14.3 Å².